The molecule has 1 fully saturated rings. The summed E-state index contributed by atoms with van der Waals surface area (Å²) < 4.78 is 16.2. The summed E-state index contributed by atoms with van der Waals surface area (Å²) in [6.45, 7) is 0. The van der Waals surface area contributed by atoms with Crippen molar-refractivity contribution < 1.29 is 9.00 Å². The summed E-state index contributed by atoms with van der Waals surface area (Å²) in [5.41, 5.74) is 2.00. The first-order chi connectivity index (χ1) is 11.2. The highest BCUT2D eigenvalue weighted by molar-refractivity contribution is 7.84. The van der Waals surface area contributed by atoms with Gasteiger partial charge in [-0.05, 0) is 42.1 Å². The lowest BCUT2D eigenvalue weighted by molar-refractivity contribution is 0.102. The van der Waals surface area contributed by atoms with E-state index < -0.39 is 10.8 Å². The Morgan fingerprint density at radius 3 is 2.87 bits per heavy atom. The van der Waals surface area contributed by atoms with Crippen molar-refractivity contribution in [2.24, 2.45) is 0 Å². The van der Waals surface area contributed by atoms with Crippen molar-refractivity contribution in [3.63, 3.8) is 0 Å². The maximum atomic E-state index is 12.5. The number of rotatable bonds is 5. The minimum atomic E-state index is -0.841. The topological polar surface area (TPSA) is 72.0 Å². The van der Waals surface area contributed by atoms with Gasteiger partial charge in [0.15, 0.2) is 5.69 Å². The lowest BCUT2D eigenvalue weighted by Gasteiger charge is -2.21. The Hall–Kier alpha value is -1.60. The van der Waals surface area contributed by atoms with Crippen LogP contribution in [0.4, 0.5) is 5.69 Å². The van der Waals surface area contributed by atoms with Crippen molar-refractivity contribution in [2.75, 3.05) is 5.32 Å². The normalized spacial score (nSPS) is 16.9. The number of hydrogen-bond acceptors (Lipinski definition) is 5. The van der Waals surface area contributed by atoms with E-state index in [9.17, 15) is 9.00 Å². The minimum Gasteiger partial charge on any atom is -0.321 e. The fourth-order valence-corrected chi connectivity index (χ4v) is 4.85. The van der Waals surface area contributed by atoms with Gasteiger partial charge in [-0.15, -0.1) is 5.10 Å². The van der Waals surface area contributed by atoms with Crippen molar-refractivity contribution in [3.8, 4) is 0 Å². The minimum absolute atomic E-state index is 0.274. The van der Waals surface area contributed by atoms with Crippen LogP contribution in [0, 0.1) is 0 Å². The molecule has 0 bridgehead atoms. The Morgan fingerprint density at radius 1 is 1.30 bits per heavy atom. The van der Waals surface area contributed by atoms with E-state index in [-0.39, 0.29) is 5.91 Å². The summed E-state index contributed by atoms with van der Waals surface area (Å²) in [4.78, 5) is 12.0. The first kappa shape index (κ1) is 16.3. The summed E-state index contributed by atoms with van der Waals surface area (Å²) in [5.74, 6) is 0.274. The summed E-state index contributed by atoms with van der Waals surface area (Å²) in [6.07, 6.45) is 5.78. The van der Waals surface area contributed by atoms with Crippen molar-refractivity contribution in [3.05, 3.63) is 40.9 Å². The van der Waals surface area contributed by atoms with Gasteiger partial charge < -0.3 is 5.32 Å². The van der Waals surface area contributed by atoms with Gasteiger partial charge in [0.1, 0.15) is 0 Å². The predicted octanol–water partition coefficient (Wildman–Crippen LogP) is 3.37. The van der Waals surface area contributed by atoms with Crippen LogP contribution >= 0.6 is 11.5 Å². The number of amides is 1. The standard InChI is InChI=1S/C16H19N3O2S2/c20-16(15-10-22-19-18-15)17-13-6-4-5-12(9-13)11-23(21)14-7-2-1-3-8-14/h4-6,9-10,14H,1-3,7-8,11H2,(H,17,20). The van der Waals surface area contributed by atoms with Gasteiger partial charge in [-0.2, -0.15) is 0 Å². The third-order valence-electron chi connectivity index (χ3n) is 4.01. The van der Waals surface area contributed by atoms with E-state index in [4.69, 9.17) is 0 Å². The zero-order chi connectivity index (χ0) is 16.1. The van der Waals surface area contributed by atoms with Gasteiger partial charge in [0.25, 0.3) is 5.91 Å². The Morgan fingerprint density at radius 2 is 2.13 bits per heavy atom. The van der Waals surface area contributed by atoms with Crippen molar-refractivity contribution in [2.45, 2.75) is 43.1 Å². The average molecular weight is 349 g/mol. The smallest absolute Gasteiger partial charge is 0.277 e. The SMILES string of the molecule is O=C(Nc1cccc(CS(=O)C2CCCCC2)c1)c1csnn1. The van der Waals surface area contributed by atoms with Crippen LogP contribution in [0.5, 0.6) is 0 Å². The molecule has 23 heavy (non-hydrogen) atoms. The van der Waals surface area contributed by atoms with Crippen LogP contribution in [0.3, 0.4) is 0 Å². The van der Waals surface area contributed by atoms with Crippen LogP contribution in [0.15, 0.2) is 29.6 Å². The number of hydrogen-bond donors (Lipinski definition) is 1. The molecular formula is C16H19N3O2S2. The fraction of sp³-hybridized carbons (Fsp3) is 0.438. The Kier molecular flexibility index (Phi) is 5.51. The van der Waals surface area contributed by atoms with Crippen LogP contribution in [0.25, 0.3) is 0 Å². The van der Waals surface area contributed by atoms with Crippen LogP contribution in [0.1, 0.15) is 48.2 Å². The lowest BCUT2D eigenvalue weighted by Crippen LogP contribution is -2.20. The number of carbonyl (C=O) groups is 1. The molecule has 2 aromatic rings. The third kappa shape index (κ3) is 4.45. The number of carbonyl (C=O) groups excluding carboxylic acids is 1. The van der Waals surface area contributed by atoms with Gasteiger partial charge in [-0.25, -0.2) is 0 Å². The molecule has 1 heterocycles. The van der Waals surface area contributed by atoms with Gasteiger partial charge >= 0.3 is 0 Å². The van der Waals surface area contributed by atoms with E-state index in [1.54, 1.807) is 5.38 Å². The number of nitrogens with one attached hydrogen (secondary N) is 1. The zero-order valence-electron chi connectivity index (χ0n) is 12.7. The van der Waals surface area contributed by atoms with Gasteiger partial charge in [0.2, 0.25) is 0 Å². The molecule has 1 N–H and O–H groups in total. The highest BCUT2D eigenvalue weighted by Crippen LogP contribution is 2.24. The molecule has 7 heteroatoms. The van der Waals surface area contributed by atoms with Crippen LogP contribution < -0.4 is 5.32 Å². The molecule has 1 aliphatic rings. The number of nitrogens with zero attached hydrogens (tertiary/aromatic N) is 2. The number of benzene rings is 1. The summed E-state index contributed by atoms with van der Waals surface area (Å²) in [7, 11) is -0.841. The molecule has 1 atom stereocenters. The van der Waals surface area contributed by atoms with Gasteiger partial charge in [-0.1, -0.05) is 35.9 Å². The molecule has 1 amide bonds. The van der Waals surface area contributed by atoms with Crippen molar-refractivity contribution in [1.29, 1.82) is 0 Å². The van der Waals surface area contributed by atoms with E-state index in [0.717, 1.165) is 29.9 Å². The van der Waals surface area contributed by atoms with Crippen LogP contribution in [-0.2, 0) is 16.6 Å². The maximum absolute atomic E-state index is 12.5. The van der Waals surface area contributed by atoms with E-state index in [0.29, 0.717) is 22.4 Å². The summed E-state index contributed by atoms with van der Waals surface area (Å²) >= 11 is 1.14. The van der Waals surface area contributed by atoms with Gasteiger partial charge in [0, 0.05) is 32.9 Å². The highest BCUT2D eigenvalue weighted by atomic mass is 32.2. The molecule has 0 spiro atoms. The Balaban J connectivity index is 1.62. The zero-order valence-corrected chi connectivity index (χ0v) is 14.4. The molecule has 3 rings (SSSR count). The molecule has 1 aliphatic carbocycles. The molecule has 0 saturated heterocycles. The molecule has 5 nitrogen and oxygen atoms in total. The second-order valence-electron chi connectivity index (χ2n) is 5.73. The monoisotopic (exact) mass is 349 g/mol. The molecule has 1 unspecified atom stereocenters. The predicted molar refractivity (Wildman–Crippen MR) is 93.0 cm³/mol. The first-order valence-electron chi connectivity index (χ1n) is 7.77. The second-order valence-corrected chi connectivity index (χ2v) is 8.06. The number of aromatic nitrogens is 2. The van der Waals surface area contributed by atoms with Crippen LogP contribution in [0.2, 0.25) is 0 Å². The van der Waals surface area contributed by atoms with Crippen molar-refractivity contribution in [1.82, 2.24) is 9.59 Å². The summed E-state index contributed by atoms with van der Waals surface area (Å²) in [5, 5.41) is 8.49. The Labute approximate surface area is 142 Å². The molecule has 1 aromatic heterocycles. The lowest BCUT2D eigenvalue weighted by atomic mass is 10.0. The van der Waals surface area contributed by atoms with Crippen molar-refractivity contribution >= 4 is 33.9 Å². The molecule has 0 aliphatic heterocycles. The van der Waals surface area contributed by atoms with E-state index in [1.165, 1.54) is 19.3 Å². The van der Waals surface area contributed by atoms with Crippen LogP contribution in [-0.4, -0.2) is 25.0 Å². The molecule has 122 valence electrons. The quantitative estimate of drug-likeness (QED) is 0.898. The summed E-state index contributed by atoms with van der Waals surface area (Å²) in [6, 6.07) is 7.55. The van der Waals surface area contributed by atoms with E-state index >= 15 is 0 Å². The molecule has 1 aromatic carbocycles. The van der Waals surface area contributed by atoms with E-state index in [1.807, 2.05) is 24.3 Å². The van der Waals surface area contributed by atoms with Gasteiger partial charge in [0.05, 0.1) is 0 Å². The molecule has 0 radical (unpaired) electrons. The third-order valence-corrected chi connectivity index (χ3v) is 6.35. The van der Waals surface area contributed by atoms with Gasteiger partial charge in [-0.3, -0.25) is 9.00 Å². The fourth-order valence-electron chi connectivity index (χ4n) is 2.81. The molecular weight excluding hydrogens is 330 g/mol. The largest absolute Gasteiger partial charge is 0.321 e. The van der Waals surface area contributed by atoms with E-state index in [2.05, 4.69) is 14.9 Å². The maximum Gasteiger partial charge on any atom is 0.277 e. The molecule has 1 saturated carbocycles. The Bertz CT molecular complexity index is 682. The first-order valence-corrected chi connectivity index (χ1v) is 9.99. The highest BCUT2D eigenvalue weighted by Gasteiger charge is 2.20. The number of anilines is 1. The average Bonchev–Trinajstić information content (AvgIpc) is 3.10. The second kappa shape index (κ2) is 7.79.